The highest BCUT2D eigenvalue weighted by molar-refractivity contribution is 4.97. The van der Waals surface area contributed by atoms with Gasteiger partial charge in [0, 0.05) is 18.6 Å². The van der Waals surface area contributed by atoms with E-state index in [1.54, 1.807) is 6.26 Å². The van der Waals surface area contributed by atoms with Crippen molar-refractivity contribution in [3.05, 3.63) is 24.2 Å². The number of hydrogen-bond acceptors (Lipinski definition) is 4. The first-order chi connectivity index (χ1) is 7.87. The quantitative estimate of drug-likeness (QED) is 0.790. The van der Waals surface area contributed by atoms with Gasteiger partial charge in [0.15, 0.2) is 0 Å². The van der Waals surface area contributed by atoms with E-state index in [0.29, 0.717) is 13.1 Å². The molecule has 1 atom stereocenters. The molecule has 17 heavy (non-hydrogen) atoms. The standard InChI is InChI=1S/C13H24N2O2/c1-13(2,3)14-8-11(16)9-15(4)10-12-6-5-7-17-12/h5-7,11,14,16H,8-10H2,1-4H3. The van der Waals surface area contributed by atoms with Crippen LogP contribution in [0.3, 0.4) is 0 Å². The van der Waals surface area contributed by atoms with Gasteiger partial charge in [-0.1, -0.05) is 0 Å². The van der Waals surface area contributed by atoms with Crippen molar-refractivity contribution in [3.8, 4) is 0 Å². The number of nitrogens with zero attached hydrogens (tertiary/aromatic N) is 1. The molecule has 1 heterocycles. The average Bonchev–Trinajstić information content (AvgIpc) is 2.66. The van der Waals surface area contributed by atoms with Crippen LogP contribution in [0.4, 0.5) is 0 Å². The Kier molecular flexibility index (Phi) is 5.18. The maximum absolute atomic E-state index is 9.88. The molecule has 0 radical (unpaired) electrons. The molecule has 98 valence electrons. The minimum Gasteiger partial charge on any atom is -0.468 e. The van der Waals surface area contributed by atoms with Crippen LogP contribution in [0, 0.1) is 0 Å². The maximum atomic E-state index is 9.88. The summed E-state index contributed by atoms with van der Waals surface area (Å²) in [5.74, 6) is 0.920. The van der Waals surface area contributed by atoms with Gasteiger partial charge in [0.1, 0.15) is 5.76 Å². The number of aliphatic hydroxyl groups excluding tert-OH is 1. The van der Waals surface area contributed by atoms with Crippen molar-refractivity contribution in [3.63, 3.8) is 0 Å². The van der Waals surface area contributed by atoms with E-state index in [1.165, 1.54) is 0 Å². The molecule has 0 amide bonds. The zero-order chi connectivity index (χ0) is 12.9. The molecule has 0 saturated heterocycles. The lowest BCUT2D eigenvalue weighted by molar-refractivity contribution is 0.111. The Labute approximate surface area is 104 Å². The van der Waals surface area contributed by atoms with E-state index >= 15 is 0 Å². The van der Waals surface area contributed by atoms with Gasteiger partial charge in [0.05, 0.1) is 18.9 Å². The number of hydrogen-bond donors (Lipinski definition) is 2. The van der Waals surface area contributed by atoms with Crippen molar-refractivity contribution in [1.82, 2.24) is 10.2 Å². The molecule has 0 saturated carbocycles. The molecule has 0 fully saturated rings. The number of furan rings is 1. The van der Waals surface area contributed by atoms with E-state index in [9.17, 15) is 5.11 Å². The lowest BCUT2D eigenvalue weighted by Crippen LogP contribution is -2.44. The molecule has 0 bridgehead atoms. The second-order valence-corrected chi connectivity index (χ2v) is 5.56. The smallest absolute Gasteiger partial charge is 0.117 e. The fourth-order valence-corrected chi connectivity index (χ4v) is 1.58. The molecule has 0 aromatic carbocycles. The van der Waals surface area contributed by atoms with Gasteiger partial charge < -0.3 is 14.8 Å². The van der Waals surface area contributed by atoms with Crippen molar-refractivity contribution < 1.29 is 9.52 Å². The van der Waals surface area contributed by atoms with Crippen LogP contribution < -0.4 is 5.32 Å². The van der Waals surface area contributed by atoms with Gasteiger partial charge in [-0.05, 0) is 40.0 Å². The summed E-state index contributed by atoms with van der Waals surface area (Å²) in [4.78, 5) is 2.05. The molecule has 4 heteroatoms. The highest BCUT2D eigenvalue weighted by atomic mass is 16.3. The predicted octanol–water partition coefficient (Wildman–Crippen LogP) is 1.46. The largest absolute Gasteiger partial charge is 0.468 e. The van der Waals surface area contributed by atoms with Crippen molar-refractivity contribution >= 4 is 0 Å². The van der Waals surface area contributed by atoms with Crippen LogP contribution in [0.15, 0.2) is 22.8 Å². The summed E-state index contributed by atoms with van der Waals surface area (Å²) < 4.78 is 5.26. The maximum Gasteiger partial charge on any atom is 0.117 e. The molecule has 2 N–H and O–H groups in total. The fraction of sp³-hybridized carbons (Fsp3) is 0.692. The Balaban J connectivity index is 2.24. The van der Waals surface area contributed by atoms with Crippen LogP contribution in [-0.4, -0.2) is 41.8 Å². The molecule has 0 aliphatic carbocycles. The number of nitrogens with one attached hydrogen (secondary N) is 1. The van der Waals surface area contributed by atoms with Gasteiger partial charge >= 0.3 is 0 Å². The molecule has 1 rings (SSSR count). The Morgan fingerprint density at radius 2 is 2.18 bits per heavy atom. The van der Waals surface area contributed by atoms with E-state index in [0.717, 1.165) is 12.3 Å². The zero-order valence-corrected chi connectivity index (χ0v) is 11.2. The Morgan fingerprint density at radius 1 is 1.47 bits per heavy atom. The van der Waals surface area contributed by atoms with Gasteiger partial charge in [-0.15, -0.1) is 0 Å². The number of likely N-dealkylation sites (N-methyl/N-ethyl adjacent to an activating group) is 1. The fourth-order valence-electron chi connectivity index (χ4n) is 1.58. The highest BCUT2D eigenvalue weighted by Gasteiger charge is 2.14. The third-order valence-electron chi connectivity index (χ3n) is 2.40. The minimum atomic E-state index is -0.366. The molecular weight excluding hydrogens is 216 g/mol. The zero-order valence-electron chi connectivity index (χ0n) is 11.2. The minimum absolute atomic E-state index is 0.0422. The van der Waals surface area contributed by atoms with Crippen LogP contribution in [-0.2, 0) is 6.54 Å². The molecule has 4 nitrogen and oxygen atoms in total. The first-order valence-corrected chi connectivity index (χ1v) is 6.01. The SMILES string of the molecule is CN(Cc1ccco1)CC(O)CNC(C)(C)C. The van der Waals surface area contributed by atoms with Crippen LogP contribution >= 0.6 is 0 Å². The van der Waals surface area contributed by atoms with Crippen molar-refractivity contribution in [2.45, 2.75) is 39.0 Å². The van der Waals surface area contributed by atoms with Gasteiger partial charge in [0.25, 0.3) is 0 Å². The number of aliphatic hydroxyl groups is 1. The molecule has 0 spiro atoms. The predicted molar refractivity (Wildman–Crippen MR) is 68.8 cm³/mol. The lowest BCUT2D eigenvalue weighted by Gasteiger charge is -2.25. The van der Waals surface area contributed by atoms with Gasteiger partial charge in [-0.2, -0.15) is 0 Å². The summed E-state index contributed by atoms with van der Waals surface area (Å²) in [6, 6.07) is 3.82. The van der Waals surface area contributed by atoms with Crippen molar-refractivity contribution in [2.24, 2.45) is 0 Å². The lowest BCUT2D eigenvalue weighted by atomic mass is 10.1. The Hall–Kier alpha value is -0.840. The van der Waals surface area contributed by atoms with E-state index in [4.69, 9.17) is 4.42 Å². The number of β-amino-alcohol motifs (C(OH)–C–C–N with tert-alkyl or cyclic N) is 1. The van der Waals surface area contributed by atoms with Crippen LogP contribution in [0.25, 0.3) is 0 Å². The Morgan fingerprint density at radius 3 is 2.71 bits per heavy atom. The summed E-state index contributed by atoms with van der Waals surface area (Å²) in [6.45, 7) is 8.22. The summed E-state index contributed by atoms with van der Waals surface area (Å²) >= 11 is 0. The third-order valence-corrected chi connectivity index (χ3v) is 2.40. The summed E-state index contributed by atoms with van der Waals surface area (Å²) in [7, 11) is 1.98. The van der Waals surface area contributed by atoms with E-state index < -0.39 is 0 Å². The van der Waals surface area contributed by atoms with Crippen LogP contribution in [0.2, 0.25) is 0 Å². The second kappa shape index (κ2) is 6.19. The molecular formula is C13H24N2O2. The van der Waals surface area contributed by atoms with Crippen molar-refractivity contribution in [2.75, 3.05) is 20.1 Å². The van der Waals surface area contributed by atoms with E-state index in [2.05, 4.69) is 26.1 Å². The highest BCUT2D eigenvalue weighted by Crippen LogP contribution is 2.04. The third kappa shape index (κ3) is 6.46. The monoisotopic (exact) mass is 240 g/mol. The van der Waals surface area contributed by atoms with Gasteiger partial charge in [-0.3, -0.25) is 4.90 Å². The van der Waals surface area contributed by atoms with Crippen LogP contribution in [0.1, 0.15) is 26.5 Å². The molecule has 1 aromatic rings. The summed E-state index contributed by atoms with van der Waals surface area (Å²) in [5, 5.41) is 13.2. The number of rotatable bonds is 6. The molecule has 1 unspecified atom stereocenters. The van der Waals surface area contributed by atoms with E-state index in [1.807, 2.05) is 24.1 Å². The molecule has 0 aliphatic heterocycles. The summed E-state index contributed by atoms with van der Waals surface area (Å²) in [5.41, 5.74) is 0.0422. The normalized spacial score (nSPS) is 14.2. The van der Waals surface area contributed by atoms with Crippen molar-refractivity contribution in [1.29, 1.82) is 0 Å². The van der Waals surface area contributed by atoms with Crippen LogP contribution in [0.5, 0.6) is 0 Å². The van der Waals surface area contributed by atoms with Gasteiger partial charge in [0.2, 0.25) is 0 Å². The van der Waals surface area contributed by atoms with Gasteiger partial charge in [-0.25, -0.2) is 0 Å². The first-order valence-electron chi connectivity index (χ1n) is 6.01. The topological polar surface area (TPSA) is 48.6 Å². The summed E-state index contributed by atoms with van der Waals surface area (Å²) in [6.07, 6.45) is 1.30. The Bertz CT molecular complexity index is 304. The van der Waals surface area contributed by atoms with E-state index in [-0.39, 0.29) is 11.6 Å². The first kappa shape index (κ1) is 14.2. The molecule has 1 aromatic heterocycles. The molecule has 0 aliphatic rings. The second-order valence-electron chi connectivity index (χ2n) is 5.56. The average molecular weight is 240 g/mol.